The number of aryl methyl sites for hydroxylation is 1. The second kappa shape index (κ2) is 5.67. The molecule has 1 fully saturated rings. The molecule has 1 saturated carbocycles. The molecule has 2 atom stereocenters. The first-order valence-corrected chi connectivity index (χ1v) is 7.47. The van der Waals surface area contributed by atoms with Crippen molar-refractivity contribution in [3.63, 3.8) is 0 Å². The van der Waals surface area contributed by atoms with Crippen LogP contribution >= 0.6 is 0 Å². The molecule has 118 valence electrons. The molecule has 0 saturated heterocycles. The number of hydrogen-bond donors (Lipinski definition) is 2. The average Bonchev–Trinajstić information content (AvgIpc) is 2.65. The Labute approximate surface area is 126 Å². The fraction of sp³-hybridized carbons (Fsp3) is 0.733. The maximum absolute atomic E-state index is 12.2. The first-order valence-electron chi connectivity index (χ1n) is 7.47. The summed E-state index contributed by atoms with van der Waals surface area (Å²) in [5.74, 6) is -0.0337. The normalized spacial score (nSPS) is 23.7. The standard InChI is InChI=1S/C15H26N4O2/c1-6-21-12-7-11(15(12,4)5)17-13(20)8-19-10(3)14(16)9(2)18-19/h11-12H,6-8,16H2,1-5H3,(H,17,20). The number of ether oxygens (including phenoxy) is 1. The molecule has 1 aromatic heterocycles. The molecule has 0 bridgehead atoms. The fourth-order valence-corrected chi connectivity index (χ4v) is 2.86. The van der Waals surface area contributed by atoms with E-state index >= 15 is 0 Å². The Hall–Kier alpha value is -1.56. The molecule has 0 aliphatic heterocycles. The lowest BCUT2D eigenvalue weighted by Gasteiger charge is -2.51. The molecule has 0 radical (unpaired) electrons. The lowest BCUT2D eigenvalue weighted by atomic mass is 9.64. The van der Waals surface area contributed by atoms with Gasteiger partial charge in [-0.15, -0.1) is 0 Å². The van der Waals surface area contributed by atoms with E-state index in [2.05, 4.69) is 24.3 Å². The molecule has 1 heterocycles. The predicted octanol–water partition coefficient (Wildman–Crippen LogP) is 1.40. The van der Waals surface area contributed by atoms with Gasteiger partial charge in [0.15, 0.2) is 0 Å². The highest BCUT2D eigenvalue weighted by Crippen LogP contribution is 2.42. The SMILES string of the molecule is CCOC1CC(NC(=O)Cn2nc(C)c(N)c2C)C1(C)C. The summed E-state index contributed by atoms with van der Waals surface area (Å²) in [5, 5.41) is 7.37. The van der Waals surface area contributed by atoms with Gasteiger partial charge in [-0.3, -0.25) is 9.48 Å². The number of nitrogen functional groups attached to an aromatic ring is 1. The summed E-state index contributed by atoms with van der Waals surface area (Å²) in [6.07, 6.45) is 1.09. The van der Waals surface area contributed by atoms with E-state index in [0.29, 0.717) is 12.3 Å². The van der Waals surface area contributed by atoms with E-state index in [4.69, 9.17) is 10.5 Å². The number of nitrogens with two attached hydrogens (primary N) is 1. The van der Waals surface area contributed by atoms with E-state index in [1.54, 1.807) is 4.68 Å². The van der Waals surface area contributed by atoms with E-state index < -0.39 is 0 Å². The molecule has 0 aromatic carbocycles. The van der Waals surface area contributed by atoms with E-state index in [1.165, 1.54) is 0 Å². The second-order valence-corrected chi connectivity index (χ2v) is 6.36. The monoisotopic (exact) mass is 294 g/mol. The molecule has 2 unspecified atom stereocenters. The minimum Gasteiger partial charge on any atom is -0.396 e. The molecule has 0 spiro atoms. The molecule has 1 aliphatic rings. The summed E-state index contributed by atoms with van der Waals surface area (Å²) >= 11 is 0. The second-order valence-electron chi connectivity index (χ2n) is 6.36. The Balaban J connectivity index is 1.93. The third-order valence-corrected chi connectivity index (χ3v) is 4.61. The third-order valence-electron chi connectivity index (χ3n) is 4.61. The van der Waals surface area contributed by atoms with Crippen LogP contribution in [0.2, 0.25) is 0 Å². The first-order chi connectivity index (χ1) is 9.77. The highest BCUT2D eigenvalue weighted by Gasteiger charge is 2.49. The van der Waals surface area contributed by atoms with Gasteiger partial charge in [-0.25, -0.2) is 0 Å². The van der Waals surface area contributed by atoms with Gasteiger partial charge in [-0.2, -0.15) is 5.10 Å². The lowest BCUT2D eigenvalue weighted by molar-refractivity contribution is -0.137. The third kappa shape index (κ3) is 2.90. The minimum absolute atomic E-state index is 0.0280. The van der Waals surface area contributed by atoms with Crippen molar-refractivity contribution in [3.8, 4) is 0 Å². The highest BCUT2D eigenvalue weighted by molar-refractivity contribution is 5.76. The number of hydrogen-bond acceptors (Lipinski definition) is 4. The van der Waals surface area contributed by atoms with Crippen LogP contribution in [-0.4, -0.2) is 34.4 Å². The van der Waals surface area contributed by atoms with E-state index in [1.807, 2.05) is 20.8 Å². The molecular formula is C15H26N4O2. The Morgan fingerprint density at radius 3 is 2.67 bits per heavy atom. The molecule has 1 amide bonds. The molecular weight excluding hydrogens is 268 g/mol. The van der Waals surface area contributed by atoms with Crippen LogP contribution in [0.4, 0.5) is 5.69 Å². The summed E-state index contributed by atoms with van der Waals surface area (Å²) in [6, 6.07) is 0.149. The molecule has 3 N–H and O–H groups in total. The largest absolute Gasteiger partial charge is 0.396 e. The van der Waals surface area contributed by atoms with Crippen molar-refractivity contribution < 1.29 is 9.53 Å². The van der Waals surface area contributed by atoms with E-state index in [0.717, 1.165) is 17.8 Å². The van der Waals surface area contributed by atoms with Crippen LogP contribution in [0.25, 0.3) is 0 Å². The molecule has 1 aromatic rings. The van der Waals surface area contributed by atoms with Crippen molar-refractivity contribution >= 4 is 11.6 Å². The average molecular weight is 294 g/mol. The zero-order valence-electron chi connectivity index (χ0n) is 13.6. The smallest absolute Gasteiger partial charge is 0.241 e. The van der Waals surface area contributed by atoms with Gasteiger partial charge >= 0.3 is 0 Å². The Morgan fingerprint density at radius 2 is 2.19 bits per heavy atom. The van der Waals surface area contributed by atoms with Crippen molar-refractivity contribution in [1.82, 2.24) is 15.1 Å². The molecule has 2 rings (SSSR count). The van der Waals surface area contributed by atoms with Crippen LogP contribution < -0.4 is 11.1 Å². The summed E-state index contributed by atoms with van der Waals surface area (Å²) in [5.41, 5.74) is 8.11. The fourth-order valence-electron chi connectivity index (χ4n) is 2.86. The number of nitrogens with one attached hydrogen (secondary N) is 1. The van der Waals surface area contributed by atoms with Crippen LogP contribution in [0.1, 0.15) is 38.6 Å². The molecule has 6 nitrogen and oxygen atoms in total. The van der Waals surface area contributed by atoms with Gasteiger partial charge in [0.25, 0.3) is 0 Å². The summed E-state index contributed by atoms with van der Waals surface area (Å²) in [6.45, 7) is 10.9. The number of amides is 1. The van der Waals surface area contributed by atoms with E-state index in [9.17, 15) is 4.79 Å². The van der Waals surface area contributed by atoms with Crippen LogP contribution in [0, 0.1) is 19.3 Å². The van der Waals surface area contributed by atoms with E-state index in [-0.39, 0.29) is 30.0 Å². The van der Waals surface area contributed by atoms with Gasteiger partial charge in [-0.1, -0.05) is 13.8 Å². The Morgan fingerprint density at radius 1 is 1.52 bits per heavy atom. The van der Waals surface area contributed by atoms with Gasteiger partial charge in [0.1, 0.15) is 6.54 Å². The van der Waals surface area contributed by atoms with Gasteiger partial charge in [0.05, 0.1) is 23.2 Å². The predicted molar refractivity (Wildman–Crippen MR) is 81.9 cm³/mol. The highest BCUT2D eigenvalue weighted by atomic mass is 16.5. The van der Waals surface area contributed by atoms with Crippen molar-refractivity contribution in [3.05, 3.63) is 11.4 Å². The molecule has 1 aliphatic carbocycles. The zero-order valence-corrected chi connectivity index (χ0v) is 13.6. The van der Waals surface area contributed by atoms with Gasteiger partial charge in [0, 0.05) is 18.1 Å². The number of carbonyl (C=O) groups is 1. The van der Waals surface area contributed by atoms with Crippen molar-refractivity contribution in [2.45, 2.75) is 59.7 Å². The zero-order chi connectivity index (χ0) is 15.8. The molecule has 6 heteroatoms. The minimum atomic E-state index is -0.0337. The van der Waals surface area contributed by atoms with Crippen molar-refractivity contribution in [2.24, 2.45) is 5.41 Å². The maximum atomic E-state index is 12.2. The van der Waals surface area contributed by atoms with Gasteiger partial charge < -0.3 is 15.8 Å². The number of carbonyl (C=O) groups excluding carboxylic acids is 1. The quantitative estimate of drug-likeness (QED) is 0.860. The number of rotatable bonds is 5. The number of anilines is 1. The number of aromatic nitrogens is 2. The van der Waals surface area contributed by atoms with Crippen LogP contribution in [0.5, 0.6) is 0 Å². The topological polar surface area (TPSA) is 82.2 Å². The Kier molecular flexibility index (Phi) is 4.27. The summed E-state index contributed by atoms with van der Waals surface area (Å²) < 4.78 is 7.33. The summed E-state index contributed by atoms with van der Waals surface area (Å²) in [4.78, 5) is 12.2. The molecule has 21 heavy (non-hydrogen) atoms. The number of nitrogens with zero attached hydrogens (tertiary/aromatic N) is 2. The van der Waals surface area contributed by atoms with Crippen LogP contribution in [0.15, 0.2) is 0 Å². The maximum Gasteiger partial charge on any atom is 0.241 e. The lowest BCUT2D eigenvalue weighted by Crippen LogP contribution is -2.62. The van der Waals surface area contributed by atoms with Gasteiger partial charge in [0.2, 0.25) is 5.91 Å². The van der Waals surface area contributed by atoms with Crippen LogP contribution in [0.3, 0.4) is 0 Å². The summed E-state index contributed by atoms with van der Waals surface area (Å²) in [7, 11) is 0. The first kappa shape index (κ1) is 15.8. The van der Waals surface area contributed by atoms with Crippen LogP contribution in [-0.2, 0) is 16.1 Å². The Bertz CT molecular complexity index is 536. The van der Waals surface area contributed by atoms with Gasteiger partial charge in [-0.05, 0) is 27.2 Å². The van der Waals surface area contributed by atoms with Crippen molar-refractivity contribution in [2.75, 3.05) is 12.3 Å². The van der Waals surface area contributed by atoms with Crippen molar-refractivity contribution in [1.29, 1.82) is 0 Å².